The fourth-order valence-corrected chi connectivity index (χ4v) is 5.28. The molecule has 2 aromatic heterocycles. The Hall–Kier alpha value is -3.30. The van der Waals surface area contributed by atoms with E-state index in [0.717, 1.165) is 21.6 Å². The molecule has 0 radical (unpaired) electrons. The van der Waals surface area contributed by atoms with Crippen LogP contribution in [0.25, 0.3) is 10.9 Å². The zero-order valence-electron chi connectivity index (χ0n) is 19.5. The van der Waals surface area contributed by atoms with Gasteiger partial charge in [-0.05, 0) is 48.7 Å². The van der Waals surface area contributed by atoms with Gasteiger partial charge in [0.1, 0.15) is 17.3 Å². The molecule has 0 unspecified atom stereocenters. The molecule has 176 valence electrons. The van der Waals surface area contributed by atoms with Gasteiger partial charge in [0.15, 0.2) is 5.17 Å². The Balaban J connectivity index is 1.75. The van der Waals surface area contributed by atoms with Crippen molar-refractivity contribution in [3.63, 3.8) is 0 Å². The summed E-state index contributed by atoms with van der Waals surface area (Å²) in [7, 11) is 1.97. The Bertz CT molecular complexity index is 1390. The zero-order chi connectivity index (χ0) is 24.6. The SMILES string of the molecule is Cc1nc(CSC(=N)N(C(=N)c2cc(C(C)C)c(O)cc2O)c2ccc3c(ccn3C)c2)cs1. The smallest absolute Gasteiger partial charge is 0.167 e. The number of amidine groups is 2. The van der Waals surface area contributed by atoms with E-state index in [4.69, 9.17) is 10.8 Å². The summed E-state index contributed by atoms with van der Waals surface area (Å²) in [5.41, 5.74) is 3.46. The molecule has 0 saturated carbocycles. The Kier molecular flexibility index (Phi) is 6.67. The van der Waals surface area contributed by atoms with Crippen molar-refractivity contribution in [3.8, 4) is 11.5 Å². The van der Waals surface area contributed by atoms with E-state index in [0.29, 0.717) is 17.0 Å². The number of phenols is 2. The maximum absolute atomic E-state index is 10.6. The van der Waals surface area contributed by atoms with Crippen LogP contribution in [0.4, 0.5) is 5.69 Å². The molecule has 0 bridgehead atoms. The van der Waals surface area contributed by atoms with Gasteiger partial charge >= 0.3 is 0 Å². The lowest BCUT2D eigenvalue weighted by molar-refractivity contribution is 0.443. The van der Waals surface area contributed by atoms with Crippen molar-refractivity contribution in [1.82, 2.24) is 9.55 Å². The van der Waals surface area contributed by atoms with E-state index in [9.17, 15) is 10.2 Å². The van der Waals surface area contributed by atoms with E-state index < -0.39 is 0 Å². The molecule has 0 saturated heterocycles. The van der Waals surface area contributed by atoms with Crippen molar-refractivity contribution < 1.29 is 10.2 Å². The quantitative estimate of drug-likeness (QED) is 0.196. The van der Waals surface area contributed by atoms with E-state index in [1.54, 1.807) is 17.4 Å². The van der Waals surface area contributed by atoms with E-state index in [-0.39, 0.29) is 34.0 Å². The number of hydrogen-bond acceptors (Lipinski definition) is 7. The van der Waals surface area contributed by atoms with Gasteiger partial charge in [-0.3, -0.25) is 15.7 Å². The number of rotatable bonds is 5. The molecule has 2 aromatic carbocycles. The Morgan fingerprint density at radius 1 is 1.15 bits per heavy atom. The van der Waals surface area contributed by atoms with E-state index in [1.165, 1.54) is 22.7 Å². The van der Waals surface area contributed by atoms with Crippen molar-refractivity contribution >= 4 is 50.7 Å². The predicted molar refractivity (Wildman–Crippen MR) is 142 cm³/mol. The third kappa shape index (κ3) is 4.67. The van der Waals surface area contributed by atoms with Gasteiger partial charge in [-0.2, -0.15) is 0 Å². The standard InChI is InChI=1S/C25H27N5O2S2/c1-14(2)19-10-20(23(32)11-22(19)31)24(26)30(25(27)34-13-17-12-33-15(3)28-17)18-5-6-21-16(9-18)7-8-29(21)4/h5-12,14,26-27,31-32H,13H2,1-4H3. The highest BCUT2D eigenvalue weighted by Crippen LogP contribution is 2.35. The lowest BCUT2D eigenvalue weighted by Crippen LogP contribution is -2.35. The number of thiazole rings is 1. The minimum absolute atomic E-state index is 0.00278. The Morgan fingerprint density at radius 3 is 2.59 bits per heavy atom. The predicted octanol–water partition coefficient (Wildman–Crippen LogP) is 6.18. The lowest BCUT2D eigenvalue weighted by Gasteiger charge is -2.26. The van der Waals surface area contributed by atoms with Crippen molar-refractivity contribution in [3.05, 3.63) is 69.8 Å². The van der Waals surface area contributed by atoms with Crippen LogP contribution < -0.4 is 4.90 Å². The van der Waals surface area contributed by atoms with Gasteiger partial charge in [0, 0.05) is 41.3 Å². The van der Waals surface area contributed by atoms with Crippen LogP contribution in [-0.4, -0.2) is 30.8 Å². The number of aryl methyl sites for hydroxylation is 2. The second-order valence-corrected chi connectivity index (χ2v) is 10.4. The first kappa shape index (κ1) is 23.8. The average Bonchev–Trinajstić information content (AvgIpc) is 3.37. The Morgan fingerprint density at radius 2 is 1.91 bits per heavy atom. The molecule has 9 heteroatoms. The van der Waals surface area contributed by atoms with Crippen molar-refractivity contribution in [2.45, 2.75) is 32.4 Å². The van der Waals surface area contributed by atoms with Crippen LogP contribution in [0.2, 0.25) is 0 Å². The molecule has 0 atom stereocenters. The number of phenolic OH excluding ortho intramolecular Hbond substituents is 2. The van der Waals surface area contributed by atoms with Crippen LogP contribution in [0, 0.1) is 17.7 Å². The summed E-state index contributed by atoms with van der Waals surface area (Å²) >= 11 is 2.84. The average molecular weight is 494 g/mol. The lowest BCUT2D eigenvalue weighted by atomic mass is 9.98. The van der Waals surface area contributed by atoms with Crippen LogP contribution >= 0.6 is 23.1 Å². The topological polar surface area (TPSA) is 109 Å². The summed E-state index contributed by atoms with van der Waals surface area (Å²) in [6.45, 7) is 5.82. The molecule has 34 heavy (non-hydrogen) atoms. The molecule has 0 aliphatic carbocycles. The fourth-order valence-electron chi connectivity index (χ4n) is 3.80. The molecule has 7 nitrogen and oxygen atoms in total. The maximum atomic E-state index is 10.6. The van der Waals surface area contributed by atoms with Crippen LogP contribution in [0.15, 0.2) is 48.0 Å². The van der Waals surface area contributed by atoms with Gasteiger partial charge in [-0.15, -0.1) is 11.3 Å². The largest absolute Gasteiger partial charge is 0.508 e. The van der Waals surface area contributed by atoms with Crippen LogP contribution in [0.1, 0.15) is 41.6 Å². The number of benzene rings is 2. The molecule has 0 aliphatic heterocycles. The second-order valence-electron chi connectivity index (χ2n) is 8.39. The van der Waals surface area contributed by atoms with E-state index >= 15 is 0 Å². The number of aromatic hydroxyl groups is 2. The molecule has 4 aromatic rings. The first-order chi connectivity index (χ1) is 16.2. The van der Waals surface area contributed by atoms with Crippen molar-refractivity contribution in [1.29, 1.82) is 10.8 Å². The van der Waals surface area contributed by atoms with E-state index in [2.05, 4.69) is 4.98 Å². The molecule has 0 aliphatic rings. The molecule has 2 heterocycles. The molecule has 0 spiro atoms. The third-order valence-corrected chi connectivity index (χ3v) is 7.32. The summed E-state index contributed by atoms with van der Waals surface area (Å²) in [6.07, 6.45) is 1.97. The van der Waals surface area contributed by atoms with E-state index in [1.807, 2.05) is 68.2 Å². The maximum Gasteiger partial charge on any atom is 0.167 e. The second kappa shape index (κ2) is 9.52. The molecule has 0 fully saturated rings. The van der Waals surface area contributed by atoms with Gasteiger partial charge in [0.2, 0.25) is 0 Å². The van der Waals surface area contributed by atoms with Crippen LogP contribution in [0.3, 0.4) is 0 Å². The fraction of sp³-hybridized carbons (Fsp3) is 0.240. The first-order valence-electron chi connectivity index (χ1n) is 10.8. The highest BCUT2D eigenvalue weighted by molar-refractivity contribution is 8.13. The first-order valence-corrected chi connectivity index (χ1v) is 12.6. The van der Waals surface area contributed by atoms with Gasteiger partial charge in [-0.25, -0.2) is 4.98 Å². The monoisotopic (exact) mass is 493 g/mol. The van der Waals surface area contributed by atoms with Crippen molar-refractivity contribution in [2.24, 2.45) is 7.05 Å². The number of nitrogens with one attached hydrogen (secondary N) is 2. The highest BCUT2D eigenvalue weighted by atomic mass is 32.2. The number of anilines is 1. The highest BCUT2D eigenvalue weighted by Gasteiger charge is 2.24. The Labute approximate surface area is 206 Å². The number of hydrogen-bond donors (Lipinski definition) is 4. The van der Waals surface area contributed by atoms with Crippen molar-refractivity contribution in [2.75, 3.05) is 4.90 Å². The zero-order valence-corrected chi connectivity index (χ0v) is 21.1. The third-order valence-electron chi connectivity index (χ3n) is 5.60. The minimum Gasteiger partial charge on any atom is -0.508 e. The van der Waals surface area contributed by atoms with Gasteiger partial charge in [0.05, 0.1) is 22.0 Å². The number of thioether (sulfide) groups is 1. The van der Waals surface area contributed by atoms with Crippen LogP contribution in [0.5, 0.6) is 11.5 Å². The molecule has 0 amide bonds. The summed E-state index contributed by atoms with van der Waals surface area (Å²) in [5.74, 6) is 0.249. The summed E-state index contributed by atoms with van der Waals surface area (Å²) in [4.78, 5) is 5.99. The molecular formula is C25H27N5O2S2. The number of nitrogens with zero attached hydrogens (tertiary/aromatic N) is 3. The number of aromatic nitrogens is 2. The van der Waals surface area contributed by atoms with Crippen LogP contribution in [-0.2, 0) is 12.8 Å². The summed E-state index contributed by atoms with van der Waals surface area (Å²) in [6, 6.07) is 10.7. The van der Waals surface area contributed by atoms with Gasteiger partial charge < -0.3 is 14.8 Å². The minimum atomic E-state index is -0.203. The summed E-state index contributed by atoms with van der Waals surface area (Å²) < 4.78 is 2.01. The summed E-state index contributed by atoms with van der Waals surface area (Å²) in [5, 5.41) is 42.8. The normalized spacial score (nSPS) is 11.3. The molecule has 4 N–H and O–H groups in total. The van der Waals surface area contributed by atoms with Gasteiger partial charge in [-0.1, -0.05) is 25.6 Å². The molecule has 4 rings (SSSR count). The van der Waals surface area contributed by atoms with Gasteiger partial charge in [0.25, 0.3) is 0 Å². The number of fused-ring (bicyclic) bond motifs is 1. The molecular weight excluding hydrogens is 466 g/mol.